The van der Waals surface area contributed by atoms with E-state index in [-0.39, 0.29) is 5.82 Å². The van der Waals surface area contributed by atoms with Crippen LogP contribution in [0.1, 0.15) is 30.7 Å². The fourth-order valence-electron chi connectivity index (χ4n) is 3.05. The van der Waals surface area contributed by atoms with Crippen LogP contribution in [0, 0.1) is 5.82 Å². The normalized spacial score (nSPS) is 28.6. The second kappa shape index (κ2) is 4.62. The number of likely N-dealkylation sites (tertiary alicyclic amines) is 1. The van der Waals surface area contributed by atoms with E-state index in [1.54, 1.807) is 12.1 Å². The van der Waals surface area contributed by atoms with Gasteiger partial charge >= 0.3 is 0 Å². The monoisotopic (exact) mass is 251 g/mol. The summed E-state index contributed by atoms with van der Waals surface area (Å²) in [5.74, 6) is 1.59. The molecule has 0 unspecified atom stereocenters. The highest BCUT2D eigenvalue weighted by Crippen LogP contribution is 2.43. The molecule has 1 aromatic rings. The van der Waals surface area contributed by atoms with Gasteiger partial charge in [0.1, 0.15) is 5.82 Å². The summed E-state index contributed by atoms with van der Waals surface area (Å²) in [5, 5.41) is 0. The lowest BCUT2D eigenvalue weighted by atomic mass is 9.93. The molecule has 0 aliphatic carbocycles. The Morgan fingerprint density at radius 2 is 2.35 bits per heavy atom. The Kier molecular flexibility index (Phi) is 3.14. The molecular weight excluding hydrogens is 233 g/mol. The summed E-state index contributed by atoms with van der Waals surface area (Å²) >= 11 is 1.88. The van der Waals surface area contributed by atoms with Gasteiger partial charge in [0.2, 0.25) is 0 Å². The lowest BCUT2D eigenvalue weighted by Crippen LogP contribution is -2.26. The van der Waals surface area contributed by atoms with Crippen LogP contribution in [0.2, 0.25) is 0 Å². The van der Waals surface area contributed by atoms with Gasteiger partial charge < -0.3 is 4.90 Å². The number of nitrogens with zero attached hydrogens (tertiary/aromatic N) is 1. The summed E-state index contributed by atoms with van der Waals surface area (Å²) in [6.45, 7) is 1.22. The van der Waals surface area contributed by atoms with E-state index in [2.05, 4.69) is 11.9 Å². The van der Waals surface area contributed by atoms with E-state index in [1.807, 2.05) is 17.8 Å². The predicted octanol–water partition coefficient (Wildman–Crippen LogP) is 3.50. The van der Waals surface area contributed by atoms with E-state index >= 15 is 0 Å². The first-order valence-electron chi connectivity index (χ1n) is 6.36. The van der Waals surface area contributed by atoms with Crippen LogP contribution < -0.4 is 0 Å². The molecule has 1 aromatic carbocycles. The molecule has 1 nitrogen and oxygen atoms in total. The van der Waals surface area contributed by atoms with E-state index in [4.69, 9.17) is 0 Å². The van der Waals surface area contributed by atoms with Gasteiger partial charge in [0.15, 0.2) is 0 Å². The van der Waals surface area contributed by atoms with E-state index in [9.17, 15) is 4.39 Å². The SMILES string of the molecule is CN1CCC[C@@H]1C[C@@H]1CSc2ccc(F)cc21. The third-order valence-corrected chi connectivity index (χ3v) is 5.33. The maximum Gasteiger partial charge on any atom is 0.123 e. The van der Waals surface area contributed by atoms with Crippen LogP contribution in [-0.2, 0) is 0 Å². The molecule has 0 amide bonds. The molecule has 0 bridgehead atoms. The fraction of sp³-hybridized carbons (Fsp3) is 0.571. The molecule has 0 N–H and O–H groups in total. The highest BCUT2D eigenvalue weighted by molar-refractivity contribution is 7.99. The minimum absolute atomic E-state index is 0.0870. The van der Waals surface area contributed by atoms with E-state index in [0.29, 0.717) is 12.0 Å². The van der Waals surface area contributed by atoms with Gasteiger partial charge in [-0.1, -0.05) is 0 Å². The molecule has 0 radical (unpaired) electrons. The zero-order valence-corrected chi connectivity index (χ0v) is 11.0. The summed E-state index contributed by atoms with van der Waals surface area (Å²) in [7, 11) is 2.21. The van der Waals surface area contributed by atoms with Crippen LogP contribution in [0.5, 0.6) is 0 Å². The van der Waals surface area contributed by atoms with Crippen molar-refractivity contribution in [2.45, 2.75) is 36.1 Å². The Bertz CT molecular complexity index is 421. The van der Waals surface area contributed by atoms with Crippen molar-refractivity contribution in [1.29, 1.82) is 0 Å². The van der Waals surface area contributed by atoms with Crippen molar-refractivity contribution in [2.24, 2.45) is 0 Å². The summed E-state index contributed by atoms with van der Waals surface area (Å²) in [6.07, 6.45) is 3.82. The maximum absolute atomic E-state index is 13.3. The Morgan fingerprint density at radius 1 is 1.47 bits per heavy atom. The van der Waals surface area contributed by atoms with Crippen LogP contribution >= 0.6 is 11.8 Å². The molecule has 1 fully saturated rings. The number of hydrogen-bond acceptors (Lipinski definition) is 2. The molecule has 2 atom stereocenters. The molecule has 3 heteroatoms. The van der Waals surface area contributed by atoms with Gasteiger partial charge in [0, 0.05) is 16.7 Å². The van der Waals surface area contributed by atoms with E-state index in [0.717, 1.165) is 5.75 Å². The van der Waals surface area contributed by atoms with Gasteiger partial charge in [-0.2, -0.15) is 0 Å². The Morgan fingerprint density at radius 3 is 3.12 bits per heavy atom. The first kappa shape index (κ1) is 11.5. The van der Waals surface area contributed by atoms with Crippen LogP contribution in [0.4, 0.5) is 4.39 Å². The lowest BCUT2D eigenvalue weighted by molar-refractivity contribution is 0.286. The van der Waals surface area contributed by atoms with Crippen molar-refractivity contribution < 1.29 is 4.39 Å². The second-order valence-electron chi connectivity index (χ2n) is 5.20. The molecule has 17 heavy (non-hydrogen) atoms. The Balaban J connectivity index is 1.76. The van der Waals surface area contributed by atoms with Crippen LogP contribution in [0.15, 0.2) is 23.1 Å². The summed E-state index contributed by atoms with van der Waals surface area (Å²) in [5.41, 5.74) is 1.25. The first-order valence-corrected chi connectivity index (χ1v) is 7.35. The highest BCUT2D eigenvalue weighted by atomic mass is 32.2. The van der Waals surface area contributed by atoms with Crippen molar-refractivity contribution in [2.75, 3.05) is 19.3 Å². The van der Waals surface area contributed by atoms with Crippen LogP contribution in [-0.4, -0.2) is 30.3 Å². The number of benzene rings is 1. The predicted molar refractivity (Wildman–Crippen MR) is 70.1 cm³/mol. The fourth-order valence-corrected chi connectivity index (χ4v) is 4.30. The van der Waals surface area contributed by atoms with E-state index < -0.39 is 0 Å². The number of hydrogen-bond donors (Lipinski definition) is 0. The summed E-state index contributed by atoms with van der Waals surface area (Å²) in [4.78, 5) is 3.75. The molecule has 1 saturated heterocycles. The second-order valence-corrected chi connectivity index (χ2v) is 6.26. The summed E-state index contributed by atoms with van der Waals surface area (Å²) < 4.78 is 13.3. The molecule has 92 valence electrons. The Hall–Kier alpha value is -0.540. The number of halogens is 1. The van der Waals surface area contributed by atoms with Crippen molar-refractivity contribution in [3.05, 3.63) is 29.6 Å². The largest absolute Gasteiger partial charge is 0.303 e. The zero-order valence-electron chi connectivity index (χ0n) is 10.2. The average molecular weight is 251 g/mol. The molecule has 2 aliphatic heterocycles. The Labute approximate surface area is 106 Å². The smallest absolute Gasteiger partial charge is 0.123 e. The van der Waals surface area contributed by atoms with Gasteiger partial charge in [-0.25, -0.2) is 4.39 Å². The van der Waals surface area contributed by atoms with E-state index in [1.165, 1.54) is 36.3 Å². The number of rotatable bonds is 2. The van der Waals surface area contributed by atoms with Gasteiger partial charge in [-0.3, -0.25) is 0 Å². The topological polar surface area (TPSA) is 3.24 Å². The molecular formula is C14H18FNS. The van der Waals surface area contributed by atoms with Crippen molar-refractivity contribution in [3.63, 3.8) is 0 Å². The molecule has 0 saturated carbocycles. The molecule has 2 aliphatic rings. The van der Waals surface area contributed by atoms with Gasteiger partial charge in [0.25, 0.3) is 0 Å². The zero-order chi connectivity index (χ0) is 11.8. The first-order chi connectivity index (χ1) is 8.24. The molecule has 0 spiro atoms. The minimum atomic E-state index is -0.0870. The van der Waals surface area contributed by atoms with Crippen LogP contribution in [0.25, 0.3) is 0 Å². The molecule has 2 heterocycles. The maximum atomic E-state index is 13.3. The third-order valence-electron chi connectivity index (χ3n) is 4.08. The minimum Gasteiger partial charge on any atom is -0.303 e. The summed E-state index contributed by atoms with van der Waals surface area (Å²) in [6, 6.07) is 5.97. The van der Waals surface area contributed by atoms with Crippen molar-refractivity contribution >= 4 is 11.8 Å². The number of fused-ring (bicyclic) bond motifs is 1. The molecule has 3 rings (SSSR count). The standard InChI is InChI=1S/C14H18FNS/c1-16-6-2-3-12(16)7-10-9-17-14-5-4-11(15)8-13(10)14/h4-5,8,10,12H,2-3,6-7,9H2,1H3/t10-,12-/m1/s1. The average Bonchev–Trinajstić information content (AvgIpc) is 2.88. The highest BCUT2D eigenvalue weighted by Gasteiger charge is 2.29. The third kappa shape index (κ3) is 2.23. The van der Waals surface area contributed by atoms with Gasteiger partial charge in [0.05, 0.1) is 0 Å². The molecule has 0 aromatic heterocycles. The quantitative estimate of drug-likeness (QED) is 0.791. The lowest BCUT2D eigenvalue weighted by Gasteiger charge is -2.22. The van der Waals surface area contributed by atoms with Gasteiger partial charge in [-0.05, 0) is 62.5 Å². The van der Waals surface area contributed by atoms with Gasteiger partial charge in [-0.15, -0.1) is 11.8 Å². The van der Waals surface area contributed by atoms with Crippen LogP contribution in [0.3, 0.4) is 0 Å². The van der Waals surface area contributed by atoms with Crippen molar-refractivity contribution in [3.8, 4) is 0 Å². The van der Waals surface area contributed by atoms with Crippen molar-refractivity contribution in [1.82, 2.24) is 4.90 Å². The number of thioether (sulfide) groups is 1.